The highest BCUT2D eigenvalue weighted by atomic mass is 31.2. The molecule has 5 aromatic rings. The molecule has 1 aliphatic rings. The fourth-order valence-electron chi connectivity index (χ4n) is 7.01. The maximum Gasteiger partial charge on any atom is 0.259 e. The number of nitriles is 1. The van der Waals surface area contributed by atoms with Crippen LogP contribution in [0.1, 0.15) is 69.1 Å². The average molecular weight is 737 g/mol. The van der Waals surface area contributed by atoms with E-state index in [0.717, 1.165) is 44.9 Å². The molecule has 278 valence electrons. The number of fused-ring (bicyclic) bond motifs is 1. The van der Waals surface area contributed by atoms with Crippen molar-refractivity contribution < 1.29 is 32.4 Å². The molecular formula is C43H49N2O7P. The summed E-state index contributed by atoms with van der Waals surface area (Å²) in [6, 6.07) is 38.7. The molecule has 4 aromatic carbocycles. The second kappa shape index (κ2) is 17.7. The molecule has 0 saturated carbocycles. The van der Waals surface area contributed by atoms with E-state index in [9.17, 15) is 5.26 Å². The Labute approximate surface area is 314 Å². The minimum absolute atomic E-state index is 0.141. The summed E-state index contributed by atoms with van der Waals surface area (Å²) in [6.45, 7) is 8.98. The van der Waals surface area contributed by atoms with Crippen LogP contribution in [0, 0.1) is 11.3 Å². The van der Waals surface area contributed by atoms with Crippen LogP contribution in [0.25, 0.3) is 11.0 Å². The van der Waals surface area contributed by atoms with Gasteiger partial charge in [-0.1, -0.05) is 72.8 Å². The van der Waals surface area contributed by atoms with Crippen molar-refractivity contribution in [3.8, 4) is 17.6 Å². The highest BCUT2D eigenvalue weighted by Gasteiger charge is 2.45. The molecule has 53 heavy (non-hydrogen) atoms. The Kier molecular flexibility index (Phi) is 12.9. The summed E-state index contributed by atoms with van der Waals surface area (Å²) < 4.78 is 47.2. The van der Waals surface area contributed by atoms with Crippen LogP contribution in [-0.4, -0.2) is 56.4 Å². The lowest BCUT2D eigenvalue weighted by molar-refractivity contribution is -0.0828. The minimum atomic E-state index is -1.55. The van der Waals surface area contributed by atoms with E-state index in [1.807, 2.05) is 97.1 Å². The van der Waals surface area contributed by atoms with Gasteiger partial charge in [0, 0.05) is 23.9 Å². The Morgan fingerprint density at radius 3 is 1.96 bits per heavy atom. The summed E-state index contributed by atoms with van der Waals surface area (Å²) in [5.74, 6) is 2.23. The van der Waals surface area contributed by atoms with Gasteiger partial charge in [-0.05, 0) is 80.8 Å². The summed E-state index contributed by atoms with van der Waals surface area (Å²) in [6.07, 6.45) is -0.496. The summed E-state index contributed by atoms with van der Waals surface area (Å²) in [5, 5.41) is 10.3. The van der Waals surface area contributed by atoms with Crippen LogP contribution >= 0.6 is 8.53 Å². The fourth-order valence-corrected chi connectivity index (χ4v) is 8.77. The van der Waals surface area contributed by atoms with Gasteiger partial charge >= 0.3 is 0 Å². The van der Waals surface area contributed by atoms with Gasteiger partial charge in [0.25, 0.3) is 8.53 Å². The lowest BCUT2D eigenvalue weighted by Crippen LogP contribution is -2.39. The van der Waals surface area contributed by atoms with Gasteiger partial charge in [-0.15, -0.1) is 0 Å². The van der Waals surface area contributed by atoms with E-state index < -0.39 is 26.3 Å². The van der Waals surface area contributed by atoms with Crippen LogP contribution in [0.5, 0.6) is 11.5 Å². The number of rotatable bonds is 17. The Hall–Kier alpha value is -4.26. The number of benzene rings is 4. The number of nitrogens with zero attached hydrogens (tertiary/aromatic N) is 2. The molecule has 1 saturated heterocycles. The monoisotopic (exact) mass is 736 g/mol. The van der Waals surface area contributed by atoms with Crippen molar-refractivity contribution in [2.75, 3.05) is 27.4 Å². The van der Waals surface area contributed by atoms with Crippen molar-refractivity contribution in [2.45, 2.75) is 76.5 Å². The van der Waals surface area contributed by atoms with E-state index >= 15 is 0 Å². The van der Waals surface area contributed by atoms with E-state index in [1.165, 1.54) is 0 Å². The molecule has 1 fully saturated rings. The van der Waals surface area contributed by atoms with Crippen molar-refractivity contribution in [1.82, 2.24) is 4.67 Å². The normalized spacial score (nSPS) is 18.2. The summed E-state index contributed by atoms with van der Waals surface area (Å²) in [7, 11) is 1.77. The Morgan fingerprint density at radius 2 is 1.40 bits per heavy atom. The predicted octanol–water partition coefficient (Wildman–Crippen LogP) is 9.95. The van der Waals surface area contributed by atoms with Crippen LogP contribution in [-0.2, 0) is 24.1 Å². The molecule has 0 bridgehead atoms. The molecule has 0 spiro atoms. The molecule has 9 nitrogen and oxygen atoms in total. The molecular weight excluding hydrogens is 687 g/mol. The van der Waals surface area contributed by atoms with E-state index in [-0.39, 0.29) is 37.8 Å². The first-order chi connectivity index (χ1) is 25.8. The van der Waals surface area contributed by atoms with Gasteiger partial charge < -0.3 is 32.4 Å². The van der Waals surface area contributed by atoms with Gasteiger partial charge in [0.05, 0.1) is 46.0 Å². The van der Waals surface area contributed by atoms with Gasteiger partial charge in [-0.2, -0.15) is 5.26 Å². The lowest BCUT2D eigenvalue weighted by atomic mass is 9.80. The van der Waals surface area contributed by atoms with Gasteiger partial charge in [-0.25, -0.2) is 4.67 Å². The molecule has 2 heterocycles. The quantitative estimate of drug-likeness (QED) is 0.0525. The van der Waals surface area contributed by atoms with Crippen molar-refractivity contribution in [3.05, 3.63) is 132 Å². The van der Waals surface area contributed by atoms with Crippen molar-refractivity contribution in [3.63, 3.8) is 0 Å². The van der Waals surface area contributed by atoms with Gasteiger partial charge in [0.15, 0.2) is 0 Å². The zero-order valence-corrected chi connectivity index (χ0v) is 32.2. The molecule has 0 radical (unpaired) electrons. The maximum atomic E-state index is 9.33. The SMILES string of the molecule is COc1ccc(C(OC[C@H]2O[C@@H](c3cc4ccccc4o3)C[C@@H]2OP(OCCC#N)N(C(C)C)C(C)C)(c2ccccc2)c2ccc(OC)cc2)cc1. The molecule has 0 aliphatic carbocycles. The van der Waals surface area contributed by atoms with E-state index in [1.54, 1.807) is 14.2 Å². The molecule has 0 amide bonds. The van der Waals surface area contributed by atoms with E-state index in [0.29, 0.717) is 6.42 Å². The third-order valence-electron chi connectivity index (χ3n) is 9.49. The summed E-state index contributed by atoms with van der Waals surface area (Å²) in [5.41, 5.74) is 2.56. The smallest absolute Gasteiger partial charge is 0.259 e. The highest BCUT2D eigenvalue weighted by Crippen LogP contribution is 2.51. The minimum Gasteiger partial charge on any atom is -0.497 e. The third-order valence-corrected chi connectivity index (χ3v) is 11.6. The molecule has 0 N–H and O–H groups in total. The second-order valence-electron chi connectivity index (χ2n) is 13.6. The Balaban J connectivity index is 1.41. The van der Waals surface area contributed by atoms with Crippen LogP contribution in [0.15, 0.2) is 114 Å². The number of hydrogen-bond acceptors (Lipinski definition) is 9. The standard InChI is InChI=1S/C43H49N2O7P/c1-30(2)45(31(3)4)53(49-26-12-25-44)52-41-28-40(39-27-32-13-10-11-16-38(32)50-39)51-42(41)29-48-43(33-14-8-7-9-15-33,34-17-21-36(46-5)22-18-34)35-19-23-37(47-6)24-20-35/h7-11,13-24,27,30-31,40-42H,12,26,28-29H2,1-6H3/t40-,41+,42-,53?/m1/s1. The van der Waals surface area contributed by atoms with Gasteiger partial charge in [-0.3, -0.25) is 0 Å². The number of furan rings is 1. The first kappa shape index (κ1) is 38.5. The lowest BCUT2D eigenvalue weighted by Gasteiger charge is -2.39. The molecule has 6 rings (SSSR count). The van der Waals surface area contributed by atoms with Gasteiger partial charge in [0.1, 0.15) is 40.7 Å². The van der Waals surface area contributed by atoms with Crippen LogP contribution in [0.3, 0.4) is 0 Å². The zero-order valence-electron chi connectivity index (χ0n) is 31.3. The second-order valence-corrected chi connectivity index (χ2v) is 15.0. The molecule has 1 aliphatic heterocycles. The maximum absolute atomic E-state index is 9.33. The van der Waals surface area contributed by atoms with Crippen LogP contribution < -0.4 is 9.47 Å². The third kappa shape index (κ3) is 8.60. The van der Waals surface area contributed by atoms with Crippen LogP contribution in [0.2, 0.25) is 0 Å². The van der Waals surface area contributed by atoms with Crippen molar-refractivity contribution in [1.29, 1.82) is 5.26 Å². The average Bonchev–Trinajstić information content (AvgIpc) is 3.80. The fraction of sp³-hybridized carbons (Fsp3) is 0.372. The molecule has 1 aromatic heterocycles. The first-order valence-electron chi connectivity index (χ1n) is 18.1. The Morgan fingerprint density at radius 1 is 0.811 bits per heavy atom. The summed E-state index contributed by atoms with van der Waals surface area (Å²) in [4.78, 5) is 0. The first-order valence-corrected chi connectivity index (χ1v) is 19.3. The van der Waals surface area contributed by atoms with E-state index in [2.05, 4.69) is 50.6 Å². The summed E-state index contributed by atoms with van der Waals surface area (Å²) >= 11 is 0. The molecule has 10 heteroatoms. The number of hydrogen-bond donors (Lipinski definition) is 0. The predicted molar refractivity (Wildman–Crippen MR) is 207 cm³/mol. The topological polar surface area (TPSA) is 95.6 Å². The number of para-hydroxylation sites is 1. The zero-order chi connectivity index (χ0) is 37.4. The van der Waals surface area contributed by atoms with Crippen molar-refractivity contribution >= 4 is 19.5 Å². The van der Waals surface area contributed by atoms with Gasteiger partial charge in [0.2, 0.25) is 0 Å². The highest BCUT2D eigenvalue weighted by molar-refractivity contribution is 7.44. The van der Waals surface area contributed by atoms with Crippen molar-refractivity contribution in [2.24, 2.45) is 0 Å². The van der Waals surface area contributed by atoms with E-state index in [4.69, 9.17) is 32.4 Å². The van der Waals surface area contributed by atoms with Crippen LogP contribution in [0.4, 0.5) is 0 Å². The Bertz CT molecular complexity index is 1840. The molecule has 4 atom stereocenters. The number of methoxy groups -OCH3 is 2. The molecule has 1 unspecified atom stereocenters. The largest absolute Gasteiger partial charge is 0.497 e. The number of ether oxygens (including phenoxy) is 4.